The first-order valence-corrected chi connectivity index (χ1v) is 6.62. The zero-order valence-corrected chi connectivity index (χ0v) is 10.7. The normalized spacial score (nSPS) is 16.3. The molecule has 0 amide bonds. The van der Waals surface area contributed by atoms with E-state index >= 15 is 0 Å². The van der Waals surface area contributed by atoms with E-state index in [0.717, 1.165) is 18.8 Å². The Morgan fingerprint density at radius 2 is 1.82 bits per heavy atom. The molecular formula is C14H23N3. The van der Waals surface area contributed by atoms with E-state index in [4.69, 9.17) is 5.73 Å². The van der Waals surface area contributed by atoms with Crippen molar-refractivity contribution in [3.8, 4) is 0 Å². The third-order valence-electron chi connectivity index (χ3n) is 3.52. The highest BCUT2D eigenvalue weighted by Gasteiger charge is 2.12. The minimum Gasteiger partial charge on any atom is -0.399 e. The number of benzene rings is 1. The van der Waals surface area contributed by atoms with Gasteiger partial charge in [0, 0.05) is 31.0 Å². The minimum absolute atomic E-state index is 0.837. The fourth-order valence-corrected chi connectivity index (χ4v) is 2.42. The Morgan fingerprint density at radius 1 is 1.18 bits per heavy atom. The second kappa shape index (κ2) is 5.92. The van der Waals surface area contributed by atoms with Gasteiger partial charge < -0.3 is 15.5 Å². The fourth-order valence-electron chi connectivity index (χ4n) is 2.42. The second-order valence-corrected chi connectivity index (χ2v) is 4.72. The number of likely N-dealkylation sites (N-methyl/N-ethyl adjacent to an activating group) is 1. The maximum absolute atomic E-state index is 5.72. The van der Waals surface area contributed by atoms with E-state index < -0.39 is 0 Å². The lowest BCUT2D eigenvalue weighted by molar-refractivity contribution is 0.345. The lowest BCUT2D eigenvalue weighted by atomic mass is 10.2. The van der Waals surface area contributed by atoms with Gasteiger partial charge in [0.1, 0.15) is 0 Å². The third kappa shape index (κ3) is 3.37. The van der Waals surface area contributed by atoms with Crippen LogP contribution in [0.3, 0.4) is 0 Å². The van der Waals surface area contributed by atoms with Crippen LogP contribution in [0.4, 0.5) is 11.4 Å². The summed E-state index contributed by atoms with van der Waals surface area (Å²) in [6.07, 6.45) is 2.74. The Bertz CT molecular complexity index is 328. The summed E-state index contributed by atoms with van der Waals surface area (Å²) in [6.45, 7) is 8.11. The topological polar surface area (TPSA) is 32.5 Å². The summed E-state index contributed by atoms with van der Waals surface area (Å²) in [5.74, 6) is 0. The van der Waals surface area contributed by atoms with E-state index in [1.165, 1.54) is 38.2 Å². The van der Waals surface area contributed by atoms with Gasteiger partial charge in [-0.15, -0.1) is 0 Å². The average molecular weight is 233 g/mol. The monoisotopic (exact) mass is 233 g/mol. The van der Waals surface area contributed by atoms with Gasteiger partial charge in [0.25, 0.3) is 0 Å². The van der Waals surface area contributed by atoms with Gasteiger partial charge in [0.05, 0.1) is 0 Å². The first kappa shape index (κ1) is 12.2. The van der Waals surface area contributed by atoms with Gasteiger partial charge in [0.15, 0.2) is 0 Å². The quantitative estimate of drug-likeness (QED) is 0.791. The van der Waals surface area contributed by atoms with Crippen molar-refractivity contribution in [1.82, 2.24) is 4.90 Å². The van der Waals surface area contributed by atoms with Gasteiger partial charge in [-0.2, -0.15) is 0 Å². The molecule has 0 atom stereocenters. The van der Waals surface area contributed by atoms with E-state index in [0.29, 0.717) is 0 Å². The Morgan fingerprint density at radius 3 is 2.41 bits per heavy atom. The van der Waals surface area contributed by atoms with Gasteiger partial charge in [-0.25, -0.2) is 0 Å². The van der Waals surface area contributed by atoms with Gasteiger partial charge in [0.2, 0.25) is 0 Å². The summed E-state index contributed by atoms with van der Waals surface area (Å²) in [6, 6.07) is 8.19. The van der Waals surface area contributed by atoms with Gasteiger partial charge >= 0.3 is 0 Å². The average Bonchev–Trinajstić information content (AvgIpc) is 2.85. The molecule has 1 saturated heterocycles. The van der Waals surface area contributed by atoms with Crippen molar-refractivity contribution in [3.63, 3.8) is 0 Å². The molecule has 3 nitrogen and oxygen atoms in total. The molecule has 1 aromatic carbocycles. The van der Waals surface area contributed by atoms with Crippen molar-refractivity contribution < 1.29 is 0 Å². The summed E-state index contributed by atoms with van der Waals surface area (Å²) in [5.41, 5.74) is 7.83. The van der Waals surface area contributed by atoms with Gasteiger partial charge in [-0.3, -0.25) is 0 Å². The molecule has 0 saturated carbocycles. The number of likely N-dealkylation sites (tertiary alicyclic amines) is 1. The number of nitrogens with zero attached hydrogens (tertiary/aromatic N) is 2. The Hall–Kier alpha value is -1.22. The van der Waals surface area contributed by atoms with Crippen LogP contribution in [0.2, 0.25) is 0 Å². The Labute approximate surface area is 104 Å². The molecular weight excluding hydrogens is 210 g/mol. The van der Waals surface area contributed by atoms with Gasteiger partial charge in [-0.05, 0) is 57.1 Å². The molecule has 0 radical (unpaired) electrons. The molecule has 1 fully saturated rings. The maximum Gasteiger partial charge on any atom is 0.0368 e. The molecule has 1 aliphatic rings. The third-order valence-corrected chi connectivity index (χ3v) is 3.52. The molecule has 2 N–H and O–H groups in total. The Balaban J connectivity index is 1.89. The molecule has 0 bridgehead atoms. The van der Waals surface area contributed by atoms with Crippen LogP contribution in [0, 0.1) is 0 Å². The summed E-state index contributed by atoms with van der Waals surface area (Å²) < 4.78 is 0. The molecule has 0 aromatic heterocycles. The van der Waals surface area contributed by atoms with Crippen LogP contribution in [0.1, 0.15) is 19.8 Å². The highest BCUT2D eigenvalue weighted by molar-refractivity contribution is 5.53. The van der Waals surface area contributed by atoms with Crippen molar-refractivity contribution in [3.05, 3.63) is 24.3 Å². The summed E-state index contributed by atoms with van der Waals surface area (Å²) in [7, 11) is 0. The van der Waals surface area contributed by atoms with Crippen LogP contribution in [0.15, 0.2) is 24.3 Å². The van der Waals surface area contributed by atoms with Crippen LogP contribution in [0.5, 0.6) is 0 Å². The Kier molecular flexibility index (Phi) is 4.26. The smallest absolute Gasteiger partial charge is 0.0368 e. The number of hydrogen-bond acceptors (Lipinski definition) is 3. The molecule has 0 unspecified atom stereocenters. The number of nitrogen functional groups attached to an aromatic ring is 1. The van der Waals surface area contributed by atoms with Crippen molar-refractivity contribution in [2.75, 3.05) is 43.4 Å². The van der Waals surface area contributed by atoms with E-state index in [-0.39, 0.29) is 0 Å². The SMILES string of the molecule is CCN(CCN1CCCC1)c1ccc(N)cc1. The molecule has 2 rings (SSSR count). The fraction of sp³-hybridized carbons (Fsp3) is 0.571. The molecule has 1 heterocycles. The molecule has 1 aliphatic heterocycles. The molecule has 94 valence electrons. The van der Waals surface area contributed by atoms with Crippen molar-refractivity contribution >= 4 is 11.4 Å². The molecule has 0 spiro atoms. The predicted molar refractivity (Wildman–Crippen MR) is 74.4 cm³/mol. The molecule has 3 heteroatoms. The van der Waals surface area contributed by atoms with Crippen LogP contribution < -0.4 is 10.6 Å². The highest BCUT2D eigenvalue weighted by Crippen LogP contribution is 2.16. The lowest BCUT2D eigenvalue weighted by Crippen LogP contribution is -2.33. The van der Waals surface area contributed by atoms with E-state index in [1.807, 2.05) is 12.1 Å². The lowest BCUT2D eigenvalue weighted by Gasteiger charge is -2.26. The van der Waals surface area contributed by atoms with E-state index in [2.05, 4.69) is 28.9 Å². The largest absolute Gasteiger partial charge is 0.399 e. The summed E-state index contributed by atoms with van der Waals surface area (Å²) in [4.78, 5) is 4.97. The first-order valence-electron chi connectivity index (χ1n) is 6.62. The summed E-state index contributed by atoms with van der Waals surface area (Å²) >= 11 is 0. The minimum atomic E-state index is 0.837. The predicted octanol–water partition coefficient (Wildman–Crippen LogP) is 2.19. The zero-order valence-electron chi connectivity index (χ0n) is 10.7. The molecule has 0 aliphatic carbocycles. The zero-order chi connectivity index (χ0) is 12.1. The highest BCUT2D eigenvalue weighted by atomic mass is 15.2. The number of rotatable bonds is 5. The van der Waals surface area contributed by atoms with Crippen LogP contribution in [0.25, 0.3) is 0 Å². The van der Waals surface area contributed by atoms with E-state index in [9.17, 15) is 0 Å². The number of hydrogen-bond donors (Lipinski definition) is 1. The van der Waals surface area contributed by atoms with Crippen LogP contribution >= 0.6 is 0 Å². The van der Waals surface area contributed by atoms with Crippen LogP contribution in [-0.4, -0.2) is 37.6 Å². The van der Waals surface area contributed by atoms with Crippen LogP contribution in [-0.2, 0) is 0 Å². The van der Waals surface area contributed by atoms with Crippen molar-refractivity contribution in [2.24, 2.45) is 0 Å². The summed E-state index contributed by atoms with van der Waals surface area (Å²) in [5, 5.41) is 0. The first-order chi connectivity index (χ1) is 8.29. The van der Waals surface area contributed by atoms with E-state index in [1.54, 1.807) is 0 Å². The van der Waals surface area contributed by atoms with Crippen molar-refractivity contribution in [1.29, 1.82) is 0 Å². The molecule has 17 heavy (non-hydrogen) atoms. The molecule has 1 aromatic rings. The maximum atomic E-state index is 5.72. The van der Waals surface area contributed by atoms with Gasteiger partial charge in [-0.1, -0.05) is 0 Å². The number of nitrogens with two attached hydrogens (primary N) is 1. The number of anilines is 2. The standard InChI is InChI=1S/C14H23N3/c1-2-17(12-11-16-9-3-4-10-16)14-7-5-13(15)6-8-14/h5-8H,2-4,9-12,15H2,1H3. The van der Waals surface area contributed by atoms with Crippen molar-refractivity contribution in [2.45, 2.75) is 19.8 Å². The second-order valence-electron chi connectivity index (χ2n) is 4.72.